The number of rotatable bonds is 5. The molecule has 0 bridgehead atoms. The normalized spacial score (nSPS) is 10.6. The van der Waals surface area contributed by atoms with Gasteiger partial charge >= 0.3 is 0 Å². The smallest absolute Gasteiger partial charge is 0.137 e. The highest BCUT2D eigenvalue weighted by Gasteiger charge is 1.96. The average Bonchev–Trinajstić information content (AvgIpc) is 2.80. The second-order valence-corrected chi connectivity index (χ2v) is 4.40. The predicted molar refractivity (Wildman–Crippen MR) is 65.9 cm³/mol. The van der Waals surface area contributed by atoms with Crippen LogP contribution in [0.3, 0.4) is 0 Å². The molecule has 84 valence electrons. The highest BCUT2D eigenvalue weighted by atomic mass is 79.9. The fourth-order valence-electron chi connectivity index (χ4n) is 1.39. The Morgan fingerprint density at radius 2 is 2.06 bits per heavy atom. The highest BCUT2D eigenvalue weighted by Crippen LogP contribution is 2.10. The van der Waals surface area contributed by atoms with Gasteiger partial charge in [0, 0.05) is 24.0 Å². The van der Waals surface area contributed by atoms with Crippen LogP contribution in [0.5, 0.6) is 0 Å². The van der Waals surface area contributed by atoms with E-state index in [1.807, 2.05) is 12.1 Å². The zero-order chi connectivity index (χ0) is 11.2. The van der Waals surface area contributed by atoms with Crippen LogP contribution in [0.15, 0.2) is 35.1 Å². The number of H-pyrrole nitrogens is 1. The van der Waals surface area contributed by atoms with Crippen LogP contribution in [0.25, 0.3) is 0 Å². The van der Waals surface area contributed by atoms with E-state index in [9.17, 15) is 0 Å². The van der Waals surface area contributed by atoms with Crippen molar-refractivity contribution in [1.29, 1.82) is 0 Å². The van der Waals surface area contributed by atoms with Gasteiger partial charge in [-0.05, 0) is 17.7 Å². The molecular formula is C11H13BrN4. The first kappa shape index (κ1) is 11.3. The van der Waals surface area contributed by atoms with Gasteiger partial charge in [0.15, 0.2) is 0 Å². The number of aromatic amines is 1. The molecule has 0 saturated heterocycles. The summed E-state index contributed by atoms with van der Waals surface area (Å²) in [6.45, 7) is 1.77. The number of aromatic nitrogens is 3. The van der Waals surface area contributed by atoms with Crippen LogP contribution >= 0.6 is 15.9 Å². The molecule has 1 heterocycles. The lowest BCUT2D eigenvalue weighted by Crippen LogP contribution is -2.17. The van der Waals surface area contributed by atoms with Crippen LogP contribution in [0.2, 0.25) is 0 Å². The number of halogens is 1. The first-order valence-corrected chi connectivity index (χ1v) is 5.93. The van der Waals surface area contributed by atoms with Crippen molar-refractivity contribution in [3.8, 4) is 0 Å². The Kier molecular flexibility index (Phi) is 4.07. The van der Waals surface area contributed by atoms with Crippen LogP contribution in [0.4, 0.5) is 0 Å². The van der Waals surface area contributed by atoms with E-state index in [0.717, 1.165) is 29.8 Å². The van der Waals surface area contributed by atoms with E-state index in [4.69, 9.17) is 0 Å². The largest absolute Gasteiger partial charge is 0.312 e. The Balaban J connectivity index is 1.70. The summed E-state index contributed by atoms with van der Waals surface area (Å²) in [5.41, 5.74) is 1.28. The minimum absolute atomic E-state index is 0.872. The average molecular weight is 281 g/mol. The van der Waals surface area contributed by atoms with Crippen LogP contribution in [0, 0.1) is 0 Å². The monoisotopic (exact) mass is 280 g/mol. The summed E-state index contributed by atoms with van der Waals surface area (Å²) in [7, 11) is 0. The van der Waals surface area contributed by atoms with Crippen LogP contribution in [0.1, 0.15) is 11.4 Å². The Morgan fingerprint density at radius 1 is 1.25 bits per heavy atom. The molecule has 0 spiro atoms. The van der Waals surface area contributed by atoms with Crippen LogP contribution < -0.4 is 5.32 Å². The molecule has 0 aliphatic heterocycles. The van der Waals surface area contributed by atoms with Crippen molar-refractivity contribution < 1.29 is 0 Å². The van der Waals surface area contributed by atoms with E-state index >= 15 is 0 Å². The van der Waals surface area contributed by atoms with Crippen molar-refractivity contribution in [2.45, 2.75) is 13.0 Å². The SMILES string of the molecule is Brc1ccc(CNCCc2ncn[nH]2)cc1. The van der Waals surface area contributed by atoms with E-state index in [1.54, 1.807) is 0 Å². The quantitative estimate of drug-likeness (QED) is 0.823. The molecule has 0 aliphatic rings. The van der Waals surface area contributed by atoms with Crippen molar-refractivity contribution in [2.75, 3.05) is 6.54 Å². The third-order valence-electron chi connectivity index (χ3n) is 2.25. The molecule has 1 aromatic heterocycles. The molecule has 16 heavy (non-hydrogen) atoms. The number of hydrogen-bond acceptors (Lipinski definition) is 3. The maximum atomic E-state index is 4.06. The minimum atomic E-state index is 0.872. The molecule has 2 N–H and O–H groups in total. The zero-order valence-corrected chi connectivity index (χ0v) is 10.4. The molecule has 0 atom stereocenters. The summed E-state index contributed by atoms with van der Waals surface area (Å²) >= 11 is 3.41. The summed E-state index contributed by atoms with van der Waals surface area (Å²) in [4.78, 5) is 4.06. The van der Waals surface area contributed by atoms with Gasteiger partial charge in [0.25, 0.3) is 0 Å². The lowest BCUT2D eigenvalue weighted by Gasteiger charge is -2.03. The number of benzene rings is 1. The lowest BCUT2D eigenvalue weighted by molar-refractivity contribution is 0.671. The van der Waals surface area contributed by atoms with Crippen LogP contribution in [-0.2, 0) is 13.0 Å². The molecule has 0 fully saturated rings. The van der Waals surface area contributed by atoms with Gasteiger partial charge in [0.2, 0.25) is 0 Å². The van der Waals surface area contributed by atoms with Crippen molar-refractivity contribution in [3.05, 3.63) is 46.5 Å². The van der Waals surface area contributed by atoms with Gasteiger partial charge in [-0.1, -0.05) is 28.1 Å². The summed E-state index contributed by atoms with van der Waals surface area (Å²) < 4.78 is 1.11. The number of nitrogens with one attached hydrogen (secondary N) is 2. The molecule has 0 radical (unpaired) electrons. The second kappa shape index (κ2) is 5.77. The summed E-state index contributed by atoms with van der Waals surface area (Å²) in [6, 6.07) is 8.30. The Bertz CT molecular complexity index is 410. The zero-order valence-electron chi connectivity index (χ0n) is 8.78. The van der Waals surface area contributed by atoms with Gasteiger partial charge in [-0.15, -0.1) is 0 Å². The first-order chi connectivity index (χ1) is 7.84. The lowest BCUT2D eigenvalue weighted by atomic mass is 10.2. The summed E-state index contributed by atoms with van der Waals surface area (Å²) in [5, 5.41) is 9.99. The molecule has 5 heteroatoms. The Labute approximate surface area is 103 Å². The fourth-order valence-corrected chi connectivity index (χ4v) is 1.66. The standard InChI is InChI=1S/C11H13BrN4/c12-10-3-1-9(2-4-10)7-13-6-5-11-14-8-15-16-11/h1-4,8,13H,5-7H2,(H,14,15,16). The second-order valence-electron chi connectivity index (χ2n) is 3.49. The highest BCUT2D eigenvalue weighted by molar-refractivity contribution is 9.10. The van der Waals surface area contributed by atoms with Crippen molar-refractivity contribution in [1.82, 2.24) is 20.5 Å². The van der Waals surface area contributed by atoms with Gasteiger partial charge in [0.05, 0.1) is 0 Å². The molecule has 2 aromatic rings. The molecule has 4 nitrogen and oxygen atoms in total. The van der Waals surface area contributed by atoms with Gasteiger partial charge in [-0.2, -0.15) is 5.10 Å². The van der Waals surface area contributed by atoms with Crippen LogP contribution in [-0.4, -0.2) is 21.7 Å². The molecule has 0 saturated carbocycles. The fraction of sp³-hybridized carbons (Fsp3) is 0.273. The number of nitrogens with zero attached hydrogens (tertiary/aromatic N) is 2. The first-order valence-electron chi connectivity index (χ1n) is 5.14. The van der Waals surface area contributed by atoms with Gasteiger partial charge < -0.3 is 5.32 Å². The molecule has 0 aliphatic carbocycles. The van der Waals surface area contributed by atoms with E-state index in [2.05, 4.69) is 48.6 Å². The Hall–Kier alpha value is -1.20. The molecule has 0 amide bonds. The van der Waals surface area contributed by atoms with E-state index in [-0.39, 0.29) is 0 Å². The van der Waals surface area contributed by atoms with E-state index < -0.39 is 0 Å². The molecule has 2 rings (SSSR count). The topological polar surface area (TPSA) is 53.6 Å². The maximum absolute atomic E-state index is 4.06. The number of hydrogen-bond donors (Lipinski definition) is 2. The third-order valence-corrected chi connectivity index (χ3v) is 2.77. The molecule has 1 aromatic carbocycles. The summed E-state index contributed by atoms with van der Waals surface area (Å²) in [6.07, 6.45) is 2.40. The third kappa shape index (κ3) is 3.43. The van der Waals surface area contributed by atoms with Crippen molar-refractivity contribution in [3.63, 3.8) is 0 Å². The predicted octanol–water partition coefficient (Wildman–Crippen LogP) is 1.90. The van der Waals surface area contributed by atoms with E-state index in [1.165, 1.54) is 11.9 Å². The minimum Gasteiger partial charge on any atom is -0.312 e. The molecule has 0 unspecified atom stereocenters. The van der Waals surface area contributed by atoms with Gasteiger partial charge in [-0.3, -0.25) is 5.10 Å². The van der Waals surface area contributed by atoms with Gasteiger partial charge in [0.1, 0.15) is 12.2 Å². The molecular weight excluding hydrogens is 268 g/mol. The van der Waals surface area contributed by atoms with Crippen molar-refractivity contribution >= 4 is 15.9 Å². The van der Waals surface area contributed by atoms with Gasteiger partial charge in [-0.25, -0.2) is 4.98 Å². The Morgan fingerprint density at radius 3 is 2.75 bits per heavy atom. The van der Waals surface area contributed by atoms with Crippen molar-refractivity contribution in [2.24, 2.45) is 0 Å². The van der Waals surface area contributed by atoms with E-state index in [0.29, 0.717) is 0 Å². The maximum Gasteiger partial charge on any atom is 0.137 e. The summed E-state index contributed by atoms with van der Waals surface area (Å²) in [5.74, 6) is 0.920.